The largest absolute Gasteiger partial charge is 0.178 e. The molecule has 0 N–H and O–H groups in total. The van der Waals surface area contributed by atoms with Crippen molar-refractivity contribution in [3.05, 3.63) is 0 Å². The van der Waals surface area contributed by atoms with E-state index in [1.165, 1.54) is 0 Å². The van der Waals surface area contributed by atoms with Gasteiger partial charge in [-0.15, -0.1) is 0 Å². The lowest BCUT2D eigenvalue weighted by atomic mass is 9.70. The van der Waals surface area contributed by atoms with Gasteiger partial charge in [-0.25, -0.2) is 0 Å². The average Bonchev–Trinajstić information content (AvgIpc) is 1.65. The zero-order valence-electron chi connectivity index (χ0n) is 3.89. The fourth-order valence-electron chi connectivity index (χ4n) is 0.0642. The molecule has 2 atom stereocenters. The summed E-state index contributed by atoms with van der Waals surface area (Å²) in [5, 5.41) is 0. The highest BCUT2D eigenvalue weighted by Crippen LogP contribution is 2.03. The van der Waals surface area contributed by atoms with Crippen LogP contribution in [0.15, 0.2) is 0 Å². The average molecular weight is 116 g/mol. The molecule has 0 heterocycles. The van der Waals surface area contributed by atoms with Crippen LogP contribution >= 0.6 is 18.2 Å². The number of rotatable bonds is 2. The zero-order valence-corrected chi connectivity index (χ0v) is 6.20. The molecule has 0 saturated carbocycles. The van der Waals surface area contributed by atoms with Gasteiger partial charge in [0.15, 0.2) is 0 Å². The SMILES string of the molecule is CC([B]P)[B]P. The van der Waals surface area contributed by atoms with Gasteiger partial charge in [-0.1, -0.05) is 12.6 Å². The molecule has 0 nitrogen and oxygen atoms in total. The molecule has 32 valence electrons. The summed E-state index contributed by atoms with van der Waals surface area (Å²) in [6.07, 6.45) is 0. The normalized spacial score (nSPS) is 8.67. The molecule has 0 aromatic heterocycles. The van der Waals surface area contributed by atoms with Gasteiger partial charge in [0.05, 0.1) is 0 Å². The van der Waals surface area contributed by atoms with Crippen LogP contribution in [0.5, 0.6) is 0 Å². The molecule has 0 amide bonds. The van der Waals surface area contributed by atoms with Gasteiger partial charge in [0.1, 0.15) is 14.0 Å². The number of hydrogen-bond donors (Lipinski definition) is 0. The van der Waals surface area contributed by atoms with Crippen molar-refractivity contribution in [2.24, 2.45) is 0 Å². The molecule has 0 saturated heterocycles. The Hall–Kier alpha value is 0.990. The van der Waals surface area contributed by atoms with Crippen molar-refractivity contribution in [2.75, 3.05) is 0 Å². The topological polar surface area (TPSA) is 0 Å². The van der Waals surface area contributed by atoms with E-state index >= 15 is 0 Å². The summed E-state index contributed by atoms with van der Waals surface area (Å²) in [6, 6.07) is 0. The van der Waals surface area contributed by atoms with E-state index in [2.05, 4.69) is 39.2 Å². The lowest BCUT2D eigenvalue weighted by Gasteiger charge is -1.94. The smallest absolute Gasteiger partial charge is 0.133 e. The summed E-state index contributed by atoms with van der Waals surface area (Å²) >= 11 is 0. The molecule has 0 aromatic carbocycles. The first-order chi connectivity index (χ1) is 2.81. The molecule has 4 heteroatoms. The van der Waals surface area contributed by atoms with Crippen molar-refractivity contribution < 1.29 is 0 Å². The van der Waals surface area contributed by atoms with Gasteiger partial charge in [-0.2, -0.15) is 18.2 Å². The van der Waals surface area contributed by atoms with E-state index in [4.69, 9.17) is 0 Å². The van der Waals surface area contributed by atoms with Crippen LogP contribution in [-0.2, 0) is 0 Å². The molecule has 0 aliphatic heterocycles. The molecular weight excluding hydrogens is 108 g/mol. The first-order valence-electron chi connectivity index (χ1n) is 1.91. The Balaban J connectivity index is 2.75. The Morgan fingerprint density at radius 2 is 1.67 bits per heavy atom. The van der Waals surface area contributed by atoms with Crippen molar-refractivity contribution in [2.45, 2.75) is 12.6 Å². The molecule has 0 rings (SSSR count). The highest BCUT2D eigenvalue weighted by molar-refractivity contribution is 7.62. The molecular formula is C2H8B2P2. The lowest BCUT2D eigenvalue weighted by Crippen LogP contribution is -1.93. The predicted molar refractivity (Wildman–Crippen MR) is 40.4 cm³/mol. The summed E-state index contributed by atoms with van der Waals surface area (Å²) in [7, 11) is 5.14. The van der Waals surface area contributed by atoms with Crippen LogP contribution in [0.1, 0.15) is 6.92 Å². The summed E-state index contributed by atoms with van der Waals surface area (Å²) < 4.78 is 0. The predicted octanol–water partition coefficient (Wildman–Crippen LogP) is 0.741. The van der Waals surface area contributed by atoms with Gasteiger partial charge in [0.2, 0.25) is 0 Å². The minimum Gasteiger partial charge on any atom is -0.178 e. The van der Waals surface area contributed by atoms with Crippen molar-refractivity contribution in [3.63, 3.8) is 0 Å². The minimum absolute atomic E-state index is 0.611. The highest BCUT2D eigenvalue weighted by atomic mass is 31.0. The maximum Gasteiger partial charge on any atom is 0.133 e. The second-order valence-electron chi connectivity index (χ2n) is 1.24. The third-order valence-corrected chi connectivity index (χ3v) is 1.82. The van der Waals surface area contributed by atoms with Crippen molar-refractivity contribution in [1.29, 1.82) is 0 Å². The standard InChI is InChI=1S/C2H8B2P2/c1-2(3-5)4-6/h2H,5-6H2,1H3. The van der Waals surface area contributed by atoms with E-state index in [1.54, 1.807) is 0 Å². The molecule has 0 bridgehead atoms. The molecule has 0 aromatic rings. The Kier molecular flexibility index (Phi) is 4.84. The molecule has 0 aliphatic rings. The third kappa shape index (κ3) is 3.19. The first kappa shape index (κ1) is 6.99. The van der Waals surface area contributed by atoms with E-state index in [9.17, 15) is 0 Å². The van der Waals surface area contributed by atoms with Gasteiger partial charge in [-0.3, -0.25) is 0 Å². The minimum atomic E-state index is 0.611. The summed E-state index contributed by atoms with van der Waals surface area (Å²) in [4.78, 5) is 0. The van der Waals surface area contributed by atoms with Crippen molar-refractivity contribution >= 4 is 32.2 Å². The van der Waals surface area contributed by atoms with Crippen LogP contribution in [0.25, 0.3) is 0 Å². The van der Waals surface area contributed by atoms with Crippen LogP contribution in [-0.4, -0.2) is 14.0 Å². The van der Waals surface area contributed by atoms with E-state index in [0.717, 1.165) is 0 Å². The third-order valence-electron chi connectivity index (χ3n) is 0.607. The fraction of sp³-hybridized carbons (Fsp3) is 1.00. The number of hydrogen-bond acceptors (Lipinski definition) is 0. The molecule has 0 aliphatic carbocycles. The van der Waals surface area contributed by atoms with Crippen molar-refractivity contribution in [3.8, 4) is 0 Å². The van der Waals surface area contributed by atoms with Crippen LogP contribution in [0.4, 0.5) is 0 Å². The highest BCUT2D eigenvalue weighted by Gasteiger charge is 1.93. The maximum atomic E-state index is 2.57. The van der Waals surface area contributed by atoms with Crippen LogP contribution in [0.2, 0.25) is 5.72 Å². The fourth-order valence-corrected chi connectivity index (χ4v) is 0.577. The second kappa shape index (κ2) is 4.16. The van der Waals surface area contributed by atoms with Gasteiger partial charge >= 0.3 is 0 Å². The Labute approximate surface area is 45.7 Å². The van der Waals surface area contributed by atoms with Crippen LogP contribution < -0.4 is 0 Å². The van der Waals surface area contributed by atoms with Gasteiger partial charge in [-0.05, 0) is 0 Å². The summed E-state index contributed by atoms with van der Waals surface area (Å²) in [5.41, 5.74) is 0.611. The molecule has 0 spiro atoms. The van der Waals surface area contributed by atoms with E-state index in [-0.39, 0.29) is 0 Å². The van der Waals surface area contributed by atoms with Gasteiger partial charge < -0.3 is 0 Å². The van der Waals surface area contributed by atoms with Crippen LogP contribution in [0.3, 0.4) is 0 Å². The molecule has 6 heavy (non-hydrogen) atoms. The zero-order chi connectivity index (χ0) is 4.99. The van der Waals surface area contributed by atoms with E-state index < -0.39 is 0 Å². The van der Waals surface area contributed by atoms with E-state index in [1.807, 2.05) is 0 Å². The Bertz CT molecular complexity index is 28.7. The second-order valence-corrected chi connectivity index (χ2v) is 2.01. The summed E-state index contributed by atoms with van der Waals surface area (Å²) in [5.74, 6) is 0. The van der Waals surface area contributed by atoms with Gasteiger partial charge in [0, 0.05) is 0 Å². The molecule has 2 radical (unpaired) electrons. The first-order valence-corrected chi connectivity index (χ1v) is 3.24. The monoisotopic (exact) mass is 116 g/mol. The quantitative estimate of drug-likeness (QED) is 0.368. The van der Waals surface area contributed by atoms with Crippen molar-refractivity contribution in [1.82, 2.24) is 0 Å². The molecule has 2 unspecified atom stereocenters. The Morgan fingerprint density at radius 3 is 1.67 bits per heavy atom. The molecule has 0 fully saturated rings. The summed E-state index contributed by atoms with van der Waals surface area (Å²) in [6.45, 7) is 6.25. The lowest BCUT2D eigenvalue weighted by molar-refractivity contribution is 1.35. The maximum absolute atomic E-state index is 2.57. The van der Waals surface area contributed by atoms with E-state index in [0.29, 0.717) is 5.72 Å². The van der Waals surface area contributed by atoms with Crippen LogP contribution in [0, 0.1) is 0 Å². The Morgan fingerprint density at radius 1 is 1.33 bits per heavy atom. The van der Waals surface area contributed by atoms with Gasteiger partial charge in [0.25, 0.3) is 0 Å².